The summed E-state index contributed by atoms with van der Waals surface area (Å²) in [5.74, 6) is 0. The SMILES string of the molecule is Cc1cccc(C(O)Cc2ccsc2)c1Br. The molecule has 1 aromatic heterocycles. The minimum absolute atomic E-state index is 0.441. The van der Waals surface area contributed by atoms with Crippen LogP contribution in [-0.2, 0) is 6.42 Å². The zero-order valence-electron chi connectivity index (χ0n) is 8.98. The van der Waals surface area contributed by atoms with Crippen molar-refractivity contribution in [2.75, 3.05) is 0 Å². The molecule has 0 aliphatic rings. The number of hydrogen-bond acceptors (Lipinski definition) is 2. The van der Waals surface area contributed by atoms with Crippen molar-refractivity contribution in [2.45, 2.75) is 19.4 Å². The molecule has 1 nitrogen and oxygen atoms in total. The van der Waals surface area contributed by atoms with Gasteiger partial charge in [-0.05, 0) is 40.4 Å². The molecule has 0 aliphatic heterocycles. The van der Waals surface area contributed by atoms with Gasteiger partial charge in [0.25, 0.3) is 0 Å². The molecule has 0 radical (unpaired) electrons. The van der Waals surface area contributed by atoms with E-state index in [1.54, 1.807) is 11.3 Å². The summed E-state index contributed by atoms with van der Waals surface area (Å²) in [7, 11) is 0. The van der Waals surface area contributed by atoms with Crippen LogP contribution in [0.25, 0.3) is 0 Å². The topological polar surface area (TPSA) is 20.2 Å². The van der Waals surface area contributed by atoms with Gasteiger partial charge in [0.15, 0.2) is 0 Å². The van der Waals surface area contributed by atoms with E-state index in [9.17, 15) is 5.11 Å². The molecule has 0 aliphatic carbocycles. The third kappa shape index (κ3) is 2.54. The summed E-state index contributed by atoms with van der Waals surface area (Å²) in [6.45, 7) is 2.03. The van der Waals surface area contributed by atoms with Gasteiger partial charge in [-0.3, -0.25) is 0 Å². The molecule has 84 valence electrons. The number of hydrogen-bond donors (Lipinski definition) is 1. The summed E-state index contributed by atoms with van der Waals surface area (Å²) in [6.07, 6.45) is 0.231. The molecule has 16 heavy (non-hydrogen) atoms. The third-order valence-corrected chi connectivity index (χ3v) is 4.41. The van der Waals surface area contributed by atoms with Crippen LogP contribution in [0.1, 0.15) is 22.8 Å². The Labute approximate surface area is 108 Å². The molecule has 1 unspecified atom stereocenters. The second-order valence-corrected chi connectivity index (χ2v) is 5.40. The van der Waals surface area contributed by atoms with Gasteiger partial charge in [0.1, 0.15) is 0 Å². The van der Waals surface area contributed by atoms with E-state index in [4.69, 9.17) is 0 Å². The predicted octanol–water partition coefficient (Wildman–Crippen LogP) is 4.10. The van der Waals surface area contributed by atoms with Crippen molar-refractivity contribution in [3.05, 3.63) is 56.2 Å². The van der Waals surface area contributed by atoms with Gasteiger partial charge < -0.3 is 5.11 Å². The molecular formula is C13H13BrOS. The maximum Gasteiger partial charge on any atom is 0.0841 e. The summed E-state index contributed by atoms with van der Waals surface area (Å²) >= 11 is 5.19. The van der Waals surface area contributed by atoms with Crippen molar-refractivity contribution in [3.8, 4) is 0 Å². The van der Waals surface area contributed by atoms with Crippen molar-refractivity contribution in [1.29, 1.82) is 0 Å². The number of aryl methyl sites for hydroxylation is 1. The molecule has 2 rings (SSSR count). The lowest BCUT2D eigenvalue weighted by Gasteiger charge is -2.13. The van der Waals surface area contributed by atoms with Gasteiger partial charge in [0, 0.05) is 10.9 Å². The van der Waals surface area contributed by atoms with Crippen LogP contribution in [0.2, 0.25) is 0 Å². The summed E-state index contributed by atoms with van der Waals surface area (Å²) < 4.78 is 1.01. The first-order valence-electron chi connectivity index (χ1n) is 5.12. The summed E-state index contributed by atoms with van der Waals surface area (Å²) in [6, 6.07) is 8.03. The summed E-state index contributed by atoms with van der Waals surface area (Å²) in [5.41, 5.74) is 3.30. The number of halogens is 1. The Morgan fingerprint density at radius 3 is 2.88 bits per heavy atom. The highest BCUT2D eigenvalue weighted by Gasteiger charge is 2.13. The Hall–Kier alpha value is -0.640. The van der Waals surface area contributed by atoms with Crippen LogP contribution < -0.4 is 0 Å². The van der Waals surface area contributed by atoms with Crippen molar-refractivity contribution >= 4 is 27.3 Å². The van der Waals surface area contributed by atoms with E-state index in [1.165, 1.54) is 5.56 Å². The first-order valence-corrected chi connectivity index (χ1v) is 6.86. The minimum atomic E-state index is -0.441. The molecule has 1 atom stereocenters. The van der Waals surface area contributed by atoms with E-state index in [0.717, 1.165) is 15.6 Å². The Morgan fingerprint density at radius 2 is 2.19 bits per heavy atom. The lowest BCUT2D eigenvalue weighted by Crippen LogP contribution is -2.02. The second-order valence-electron chi connectivity index (χ2n) is 3.83. The monoisotopic (exact) mass is 296 g/mol. The Balaban J connectivity index is 2.21. The van der Waals surface area contributed by atoms with Gasteiger partial charge in [-0.2, -0.15) is 11.3 Å². The fourth-order valence-corrected chi connectivity index (χ4v) is 2.88. The number of benzene rings is 1. The average molecular weight is 297 g/mol. The lowest BCUT2D eigenvalue weighted by molar-refractivity contribution is 0.177. The smallest absolute Gasteiger partial charge is 0.0841 e. The number of thiophene rings is 1. The largest absolute Gasteiger partial charge is 0.388 e. The molecule has 0 saturated carbocycles. The van der Waals surface area contributed by atoms with Gasteiger partial charge >= 0.3 is 0 Å². The van der Waals surface area contributed by atoms with Crippen molar-refractivity contribution in [3.63, 3.8) is 0 Å². The molecule has 0 fully saturated rings. The van der Waals surface area contributed by atoms with Crippen LogP contribution in [0.3, 0.4) is 0 Å². The van der Waals surface area contributed by atoms with Crippen molar-refractivity contribution in [2.24, 2.45) is 0 Å². The van der Waals surface area contributed by atoms with Crippen LogP contribution in [0.4, 0.5) is 0 Å². The molecule has 1 aromatic carbocycles. The predicted molar refractivity (Wildman–Crippen MR) is 71.9 cm³/mol. The standard InChI is InChI=1S/C13H13BrOS/c1-9-3-2-4-11(13(9)14)12(15)7-10-5-6-16-8-10/h2-6,8,12,15H,7H2,1H3. The van der Waals surface area contributed by atoms with E-state index >= 15 is 0 Å². The zero-order chi connectivity index (χ0) is 11.5. The van der Waals surface area contributed by atoms with Gasteiger partial charge in [0.05, 0.1) is 6.10 Å². The maximum absolute atomic E-state index is 10.2. The Kier molecular flexibility index (Phi) is 3.79. The zero-order valence-corrected chi connectivity index (χ0v) is 11.4. The number of aliphatic hydroxyl groups excluding tert-OH is 1. The summed E-state index contributed by atoms with van der Waals surface area (Å²) in [4.78, 5) is 0. The number of aliphatic hydroxyl groups is 1. The highest BCUT2D eigenvalue weighted by atomic mass is 79.9. The maximum atomic E-state index is 10.2. The highest BCUT2D eigenvalue weighted by Crippen LogP contribution is 2.28. The van der Waals surface area contributed by atoms with Crippen LogP contribution in [0.5, 0.6) is 0 Å². The molecule has 0 saturated heterocycles. The lowest BCUT2D eigenvalue weighted by atomic mass is 10.0. The molecular weight excluding hydrogens is 284 g/mol. The van der Waals surface area contributed by atoms with Crippen LogP contribution in [-0.4, -0.2) is 5.11 Å². The average Bonchev–Trinajstić information content (AvgIpc) is 2.74. The van der Waals surface area contributed by atoms with E-state index in [-0.39, 0.29) is 0 Å². The van der Waals surface area contributed by atoms with Crippen molar-refractivity contribution in [1.82, 2.24) is 0 Å². The quantitative estimate of drug-likeness (QED) is 0.904. The van der Waals surface area contributed by atoms with Gasteiger partial charge in [-0.25, -0.2) is 0 Å². The first kappa shape index (κ1) is 11.8. The number of rotatable bonds is 3. The molecule has 0 bridgehead atoms. The first-order chi connectivity index (χ1) is 7.68. The highest BCUT2D eigenvalue weighted by molar-refractivity contribution is 9.10. The van der Waals surface area contributed by atoms with Gasteiger partial charge in [0.2, 0.25) is 0 Å². The van der Waals surface area contributed by atoms with E-state index in [2.05, 4.69) is 27.4 Å². The van der Waals surface area contributed by atoms with E-state index in [1.807, 2.05) is 30.5 Å². The fourth-order valence-electron chi connectivity index (χ4n) is 1.67. The van der Waals surface area contributed by atoms with Crippen LogP contribution in [0.15, 0.2) is 39.5 Å². The van der Waals surface area contributed by atoms with E-state index < -0.39 is 6.10 Å². The second kappa shape index (κ2) is 5.13. The van der Waals surface area contributed by atoms with Crippen molar-refractivity contribution < 1.29 is 5.11 Å². The molecule has 0 spiro atoms. The molecule has 1 heterocycles. The Morgan fingerprint density at radius 1 is 1.38 bits per heavy atom. The molecule has 1 N–H and O–H groups in total. The van der Waals surface area contributed by atoms with Crippen LogP contribution in [0, 0.1) is 6.92 Å². The van der Waals surface area contributed by atoms with Gasteiger partial charge in [-0.15, -0.1) is 0 Å². The fraction of sp³-hybridized carbons (Fsp3) is 0.231. The molecule has 3 heteroatoms. The van der Waals surface area contributed by atoms with Crippen LogP contribution >= 0.6 is 27.3 Å². The minimum Gasteiger partial charge on any atom is -0.388 e. The van der Waals surface area contributed by atoms with E-state index in [0.29, 0.717) is 6.42 Å². The Bertz CT molecular complexity index is 465. The molecule has 2 aromatic rings. The normalized spacial score (nSPS) is 12.7. The molecule has 0 amide bonds. The third-order valence-electron chi connectivity index (χ3n) is 2.59. The summed E-state index contributed by atoms with van der Waals surface area (Å²) in [5, 5.41) is 14.3. The van der Waals surface area contributed by atoms with Gasteiger partial charge in [-0.1, -0.05) is 34.1 Å².